The van der Waals surface area contributed by atoms with Crippen molar-refractivity contribution in [2.75, 3.05) is 31.1 Å². The highest BCUT2D eigenvalue weighted by atomic mass is 32.1. The van der Waals surface area contributed by atoms with Gasteiger partial charge in [-0.25, -0.2) is 9.97 Å². The van der Waals surface area contributed by atoms with Crippen LogP contribution in [0.2, 0.25) is 0 Å². The van der Waals surface area contributed by atoms with Crippen molar-refractivity contribution in [2.45, 2.75) is 6.54 Å². The lowest BCUT2D eigenvalue weighted by atomic mass is 10.0. The molecule has 4 heterocycles. The van der Waals surface area contributed by atoms with Gasteiger partial charge in [0.25, 0.3) is 0 Å². The van der Waals surface area contributed by atoms with Gasteiger partial charge >= 0.3 is 0 Å². The van der Waals surface area contributed by atoms with Crippen LogP contribution in [0, 0.1) is 11.8 Å². The van der Waals surface area contributed by atoms with Crippen LogP contribution < -0.4 is 4.90 Å². The van der Waals surface area contributed by atoms with Crippen molar-refractivity contribution in [1.29, 1.82) is 0 Å². The molecule has 2 unspecified atom stereocenters. The van der Waals surface area contributed by atoms with Crippen LogP contribution in [0.5, 0.6) is 0 Å². The smallest absolute Gasteiger partial charge is 0.150 e. The highest BCUT2D eigenvalue weighted by Crippen LogP contribution is 2.37. The van der Waals surface area contributed by atoms with E-state index in [0.29, 0.717) is 0 Å². The molecule has 0 amide bonds. The topological polar surface area (TPSA) is 32.3 Å². The summed E-state index contributed by atoms with van der Waals surface area (Å²) in [5.74, 6) is 2.66. The third-order valence-corrected chi connectivity index (χ3v) is 6.23. The number of anilines is 1. The second-order valence-electron chi connectivity index (χ2n) is 6.94. The van der Waals surface area contributed by atoms with Crippen LogP contribution in [0.1, 0.15) is 5.56 Å². The summed E-state index contributed by atoms with van der Waals surface area (Å²) in [6.45, 7) is 5.74. The van der Waals surface area contributed by atoms with Crippen LogP contribution in [0.4, 0.5) is 5.82 Å². The molecule has 24 heavy (non-hydrogen) atoms. The van der Waals surface area contributed by atoms with Gasteiger partial charge in [0.05, 0.1) is 10.2 Å². The van der Waals surface area contributed by atoms with Crippen molar-refractivity contribution in [3.63, 3.8) is 0 Å². The van der Waals surface area contributed by atoms with E-state index in [4.69, 9.17) is 0 Å². The second kappa shape index (κ2) is 5.83. The molecule has 2 aliphatic rings. The van der Waals surface area contributed by atoms with Gasteiger partial charge in [0, 0.05) is 32.7 Å². The lowest BCUT2D eigenvalue weighted by Crippen LogP contribution is -2.29. The van der Waals surface area contributed by atoms with Gasteiger partial charge in [-0.3, -0.25) is 4.90 Å². The molecule has 2 fully saturated rings. The molecule has 0 saturated carbocycles. The van der Waals surface area contributed by atoms with Crippen molar-refractivity contribution in [3.8, 4) is 0 Å². The third-order valence-electron chi connectivity index (χ3n) is 5.33. The van der Waals surface area contributed by atoms with Crippen LogP contribution in [0.25, 0.3) is 10.2 Å². The van der Waals surface area contributed by atoms with E-state index in [-0.39, 0.29) is 0 Å². The Labute approximate surface area is 145 Å². The number of aromatic nitrogens is 2. The SMILES string of the molecule is c1ccc(CN2CC3CN(c4ncnc5ccsc45)CC3C2)cc1. The average Bonchev–Trinajstić information content (AvgIpc) is 3.29. The first-order chi connectivity index (χ1) is 11.9. The predicted molar refractivity (Wildman–Crippen MR) is 98.3 cm³/mol. The van der Waals surface area contributed by atoms with Crippen molar-refractivity contribution in [3.05, 3.63) is 53.7 Å². The molecule has 0 N–H and O–H groups in total. The van der Waals surface area contributed by atoms with E-state index in [9.17, 15) is 0 Å². The van der Waals surface area contributed by atoms with Crippen molar-refractivity contribution in [2.24, 2.45) is 11.8 Å². The Morgan fingerprint density at radius 1 is 0.958 bits per heavy atom. The van der Waals surface area contributed by atoms with Gasteiger partial charge in [-0.2, -0.15) is 0 Å². The zero-order valence-electron chi connectivity index (χ0n) is 13.5. The van der Waals surface area contributed by atoms with Crippen molar-refractivity contribution in [1.82, 2.24) is 14.9 Å². The molecule has 3 aromatic rings. The minimum Gasteiger partial charge on any atom is -0.355 e. The molecule has 2 atom stereocenters. The van der Waals surface area contributed by atoms with Crippen LogP contribution in [0.15, 0.2) is 48.1 Å². The highest BCUT2D eigenvalue weighted by Gasteiger charge is 2.40. The number of likely N-dealkylation sites (tertiary alicyclic amines) is 1. The number of nitrogens with zero attached hydrogens (tertiary/aromatic N) is 4. The molecule has 122 valence electrons. The molecular weight excluding hydrogens is 316 g/mol. The fourth-order valence-electron chi connectivity index (χ4n) is 4.24. The first-order valence-electron chi connectivity index (χ1n) is 8.56. The molecule has 5 rings (SSSR count). The Hall–Kier alpha value is -1.98. The van der Waals surface area contributed by atoms with Gasteiger partial charge in [0.1, 0.15) is 12.1 Å². The zero-order chi connectivity index (χ0) is 15.9. The molecule has 4 nitrogen and oxygen atoms in total. The lowest BCUT2D eigenvalue weighted by molar-refractivity contribution is 0.309. The Balaban J connectivity index is 1.29. The van der Waals surface area contributed by atoms with Gasteiger partial charge in [-0.1, -0.05) is 30.3 Å². The molecule has 2 aromatic heterocycles. The highest BCUT2D eigenvalue weighted by molar-refractivity contribution is 7.17. The van der Waals surface area contributed by atoms with Gasteiger partial charge in [-0.05, 0) is 28.8 Å². The first kappa shape index (κ1) is 14.4. The van der Waals surface area contributed by atoms with Crippen molar-refractivity contribution >= 4 is 27.4 Å². The predicted octanol–water partition coefficient (Wildman–Crippen LogP) is 3.26. The minimum absolute atomic E-state index is 0.763. The minimum atomic E-state index is 0.763. The molecule has 0 bridgehead atoms. The summed E-state index contributed by atoms with van der Waals surface area (Å²) in [5.41, 5.74) is 2.50. The lowest BCUT2D eigenvalue weighted by Gasteiger charge is -2.22. The van der Waals surface area contributed by atoms with E-state index in [1.807, 2.05) is 0 Å². The summed E-state index contributed by atoms with van der Waals surface area (Å²) in [5, 5.41) is 2.11. The molecule has 2 saturated heterocycles. The number of benzene rings is 1. The van der Waals surface area contributed by atoms with Crippen LogP contribution in [-0.4, -0.2) is 41.0 Å². The molecule has 5 heteroatoms. The summed E-state index contributed by atoms with van der Waals surface area (Å²) in [6.07, 6.45) is 1.71. The maximum Gasteiger partial charge on any atom is 0.150 e. The molecule has 0 spiro atoms. The average molecular weight is 336 g/mol. The molecule has 2 aliphatic heterocycles. The van der Waals surface area contributed by atoms with E-state index >= 15 is 0 Å². The largest absolute Gasteiger partial charge is 0.355 e. The van der Waals surface area contributed by atoms with Gasteiger partial charge in [0.2, 0.25) is 0 Å². The normalized spacial score (nSPS) is 23.9. The van der Waals surface area contributed by atoms with Crippen LogP contribution >= 0.6 is 11.3 Å². The summed E-state index contributed by atoms with van der Waals surface area (Å²) < 4.78 is 1.23. The van der Waals surface area contributed by atoms with Crippen LogP contribution in [-0.2, 0) is 6.54 Å². The van der Waals surface area contributed by atoms with Gasteiger partial charge < -0.3 is 4.90 Å². The number of hydrogen-bond donors (Lipinski definition) is 0. The maximum absolute atomic E-state index is 4.59. The summed E-state index contributed by atoms with van der Waals surface area (Å²) in [6, 6.07) is 12.9. The third kappa shape index (κ3) is 2.48. The summed E-state index contributed by atoms with van der Waals surface area (Å²) in [7, 11) is 0. The fraction of sp³-hybridized carbons (Fsp3) is 0.368. The standard InChI is InChI=1S/C19H20N4S/c1-2-4-14(5-3-1)8-22-9-15-11-23(12-16(15)10-22)19-18-17(6-7-24-18)20-13-21-19/h1-7,13,15-16H,8-12H2. The van der Waals surface area contributed by atoms with E-state index in [1.54, 1.807) is 17.7 Å². The second-order valence-corrected chi connectivity index (χ2v) is 7.85. The molecule has 0 aliphatic carbocycles. The monoisotopic (exact) mass is 336 g/mol. The van der Waals surface area contributed by atoms with Crippen molar-refractivity contribution < 1.29 is 0 Å². The van der Waals surface area contributed by atoms with E-state index in [2.05, 4.69) is 61.5 Å². The number of thiophene rings is 1. The van der Waals surface area contributed by atoms with Crippen LogP contribution in [0.3, 0.4) is 0 Å². The van der Waals surface area contributed by atoms with E-state index in [0.717, 1.165) is 42.8 Å². The molecule has 0 radical (unpaired) electrons. The van der Waals surface area contributed by atoms with Gasteiger partial charge in [-0.15, -0.1) is 11.3 Å². The Morgan fingerprint density at radius 3 is 2.54 bits per heavy atom. The molecular formula is C19H20N4S. The van der Waals surface area contributed by atoms with Gasteiger partial charge in [0.15, 0.2) is 0 Å². The van der Waals surface area contributed by atoms with E-state index < -0.39 is 0 Å². The Kier molecular flexibility index (Phi) is 3.49. The summed E-state index contributed by atoms with van der Waals surface area (Å²) in [4.78, 5) is 14.1. The Bertz CT molecular complexity index is 833. The van der Waals surface area contributed by atoms with E-state index in [1.165, 1.54) is 23.4 Å². The number of hydrogen-bond acceptors (Lipinski definition) is 5. The quantitative estimate of drug-likeness (QED) is 0.735. The number of rotatable bonds is 3. The fourth-order valence-corrected chi connectivity index (χ4v) is 5.10. The maximum atomic E-state index is 4.59. The zero-order valence-corrected chi connectivity index (χ0v) is 14.3. The number of fused-ring (bicyclic) bond motifs is 2. The first-order valence-corrected chi connectivity index (χ1v) is 9.44. The summed E-state index contributed by atoms with van der Waals surface area (Å²) >= 11 is 1.75. The molecule has 1 aromatic carbocycles. The Morgan fingerprint density at radius 2 is 1.75 bits per heavy atom.